The van der Waals surface area contributed by atoms with Crippen LogP contribution in [0, 0.1) is 13.8 Å². The minimum absolute atomic E-state index is 0.158. The second-order valence-electron chi connectivity index (χ2n) is 4.75. The van der Waals surface area contributed by atoms with Gasteiger partial charge < -0.3 is 10.2 Å². The lowest BCUT2D eigenvalue weighted by atomic mass is 10.2. The second-order valence-corrected chi connectivity index (χ2v) is 5.60. The Balaban J connectivity index is 1.87. The highest BCUT2D eigenvalue weighted by Gasteiger charge is 2.12. The van der Waals surface area contributed by atoms with E-state index in [0.29, 0.717) is 5.69 Å². The molecule has 0 atom stereocenters. The quantitative estimate of drug-likeness (QED) is 0.655. The highest BCUT2D eigenvalue weighted by molar-refractivity contribution is 9.10. The Hall–Kier alpha value is -2.15. The molecule has 0 saturated heterocycles. The maximum Gasteiger partial charge on any atom is 0.265 e. The number of nitrogens with zero attached hydrogens (tertiary/aromatic N) is 3. The van der Waals surface area contributed by atoms with Gasteiger partial charge in [0.1, 0.15) is 0 Å². The van der Waals surface area contributed by atoms with E-state index in [9.17, 15) is 4.79 Å². The average molecular weight is 365 g/mol. The Bertz CT molecular complexity index is 710. The molecule has 0 aliphatic heterocycles. The Kier molecular flexibility index (Phi) is 5.32. The third kappa shape index (κ3) is 3.94. The van der Waals surface area contributed by atoms with Gasteiger partial charge in [0.2, 0.25) is 0 Å². The topological polar surface area (TPSA) is 68.5 Å². The van der Waals surface area contributed by atoms with Gasteiger partial charge in [-0.05, 0) is 19.9 Å². The molecule has 116 valence electrons. The van der Waals surface area contributed by atoms with Crippen molar-refractivity contribution in [2.45, 2.75) is 13.8 Å². The number of anilines is 1. The van der Waals surface area contributed by atoms with Gasteiger partial charge in [-0.15, -0.1) is 0 Å². The van der Waals surface area contributed by atoms with Crippen molar-refractivity contribution in [2.24, 2.45) is 12.2 Å². The molecule has 1 amide bonds. The van der Waals surface area contributed by atoms with Gasteiger partial charge in [0.15, 0.2) is 6.61 Å². The van der Waals surface area contributed by atoms with E-state index in [4.69, 9.17) is 4.84 Å². The zero-order chi connectivity index (χ0) is 16.1. The van der Waals surface area contributed by atoms with Crippen molar-refractivity contribution < 1.29 is 9.63 Å². The fourth-order valence-electron chi connectivity index (χ4n) is 1.90. The van der Waals surface area contributed by atoms with E-state index < -0.39 is 0 Å². The molecule has 1 N–H and O–H groups in total. The Labute approximate surface area is 137 Å². The summed E-state index contributed by atoms with van der Waals surface area (Å²) >= 11 is 3.40. The van der Waals surface area contributed by atoms with Crippen molar-refractivity contribution in [3.8, 4) is 0 Å². The first-order valence-corrected chi connectivity index (χ1v) is 7.48. The van der Waals surface area contributed by atoms with E-state index in [-0.39, 0.29) is 12.5 Å². The summed E-state index contributed by atoms with van der Waals surface area (Å²) in [5, 5.41) is 10.8. The lowest BCUT2D eigenvalue weighted by molar-refractivity contribution is -0.120. The fourth-order valence-corrected chi connectivity index (χ4v) is 2.29. The third-order valence-corrected chi connectivity index (χ3v) is 3.86. The number of carbonyl (C=O) groups excluding carboxylic acids is 1. The van der Waals surface area contributed by atoms with Crippen LogP contribution in [0.5, 0.6) is 0 Å². The molecule has 2 aromatic rings. The van der Waals surface area contributed by atoms with Crippen LogP contribution in [0.2, 0.25) is 0 Å². The summed E-state index contributed by atoms with van der Waals surface area (Å²) in [6, 6.07) is 7.60. The summed E-state index contributed by atoms with van der Waals surface area (Å²) in [4.78, 5) is 16.9. The van der Waals surface area contributed by atoms with Crippen LogP contribution >= 0.6 is 15.9 Å². The molecule has 7 heteroatoms. The molecule has 0 bridgehead atoms. The van der Waals surface area contributed by atoms with Gasteiger partial charge in [0.25, 0.3) is 5.91 Å². The van der Waals surface area contributed by atoms with Gasteiger partial charge in [-0.25, -0.2) is 0 Å². The minimum Gasteiger partial charge on any atom is -0.386 e. The minimum atomic E-state index is -0.275. The Morgan fingerprint density at radius 1 is 1.45 bits per heavy atom. The van der Waals surface area contributed by atoms with Crippen molar-refractivity contribution in [2.75, 3.05) is 11.9 Å². The number of nitrogens with one attached hydrogen (secondary N) is 1. The van der Waals surface area contributed by atoms with Crippen molar-refractivity contribution in [3.63, 3.8) is 0 Å². The summed E-state index contributed by atoms with van der Waals surface area (Å²) in [5.41, 5.74) is 3.25. The van der Waals surface area contributed by atoms with Gasteiger partial charge in [0.05, 0.1) is 23.3 Å². The molecule has 0 radical (unpaired) electrons. The number of hydrogen-bond donors (Lipinski definition) is 1. The van der Waals surface area contributed by atoms with Crippen molar-refractivity contribution >= 4 is 33.7 Å². The second kappa shape index (κ2) is 7.22. The number of aromatic nitrogens is 2. The molecule has 0 saturated carbocycles. The van der Waals surface area contributed by atoms with Gasteiger partial charge in [0, 0.05) is 17.1 Å². The first-order valence-electron chi connectivity index (χ1n) is 6.69. The van der Waals surface area contributed by atoms with E-state index in [1.54, 1.807) is 10.9 Å². The van der Waals surface area contributed by atoms with E-state index in [0.717, 1.165) is 21.4 Å². The molecule has 6 nitrogen and oxygen atoms in total. The summed E-state index contributed by atoms with van der Waals surface area (Å²) in [5.74, 6) is -0.275. The Morgan fingerprint density at radius 2 is 2.18 bits per heavy atom. The summed E-state index contributed by atoms with van der Waals surface area (Å²) in [7, 11) is 1.83. The maximum absolute atomic E-state index is 11.8. The van der Waals surface area contributed by atoms with Crippen molar-refractivity contribution in [1.29, 1.82) is 0 Å². The van der Waals surface area contributed by atoms with Crippen LogP contribution < -0.4 is 5.32 Å². The molecule has 0 spiro atoms. The number of rotatable bonds is 5. The molecule has 0 unspecified atom stereocenters. The summed E-state index contributed by atoms with van der Waals surface area (Å²) in [6.45, 7) is 3.57. The van der Waals surface area contributed by atoms with Crippen LogP contribution in [0.25, 0.3) is 0 Å². The lowest BCUT2D eigenvalue weighted by Crippen LogP contribution is -2.18. The van der Waals surface area contributed by atoms with Gasteiger partial charge in [-0.2, -0.15) is 5.10 Å². The zero-order valence-electron chi connectivity index (χ0n) is 12.6. The highest BCUT2D eigenvalue weighted by Crippen LogP contribution is 2.18. The molecule has 0 fully saturated rings. The van der Waals surface area contributed by atoms with Gasteiger partial charge in [-0.1, -0.05) is 39.3 Å². The third-order valence-electron chi connectivity index (χ3n) is 3.14. The number of halogens is 1. The summed E-state index contributed by atoms with van der Waals surface area (Å²) in [6.07, 6.45) is 1.55. The van der Waals surface area contributed by atoms with Crippen LogP contribution in [0.1, 0.15) is 17.0 Å². The largest absolute Gasteiger partial charge is 0.386 e. The number of benzene rings is 1. The molecular formula is C15H17BrN4O2. The predicted octanol–water partition coefficient (Wildman–Crippen LogP) is 2.79. The highest BCUT2D eigenvalue weighted by atomic mass is 79.9. The normalized spacial score (nSPS) is 10.9. The zero-order valence-corrected chi connectivity index (χ0v) is 14.2. The van der Waals surface area contributed by atoms with E-state index in [1.165, 1.54) is 0 Å². The number of carbonyl (C=O) groups is 1. The van der Waals surface area contributed by atoms with Gasteiger partial charge in [-0.3, -0.25) is 9.48 Å². The first-order chi connectivity index (χ1) is 10.5. The molecule has 1 heterocycles. The monoisotopic (exact) mass is 364 g/mol. The predicted molar refractivity (Wildman–Crippen MR) is 89.0 cm³/mol. The number of hydrogen-bond acceptors (Lipinski definition) is 4. The number of oxime groups is 1. The Morgan fingerprint density at radius 3 is 2.82 bits per heavy atom. The number of amides is 1. The molecule has 0 aliphatic carbocycles. The number of aryl methyl sites for hydroxylation is 2. The molecular weight excluding hydrogens is 348 g/mol. The molecule has 2 rings (SSSR count). The smallest absolute Gasteiger partial charge is 0.265 e. The SMILES string of the molecule is Cc1nn(C)c(C)c1NC(=O)CO/N=C\c1ccccc1Br. The van der Waals surface area contributed by atoms with E-state index >= 15 is 0 Å². The molecule has 0 aliphatic rings. The van der Waals surface area contributed by atoms with E-state index in [1.807, 2.05) is 45.2 Å². The maximum atomic E-state index is 11.8. The average Bonchev–Trinajstić information content (AvgIpc) is 2.72. The van der Waals surface area contributed by atoms with Crippen LogP contribution in [0.3, 0.4) is 0 Å². The first kappa shape index (κ1) is 16.2. The van der Waals surface area contributed by atoms with Crippen LogP contribution in [-0.2, 0) is 16.7 Å². The lowest BCUT2D eigenvalue weighted by Gasteiger charge is -2.04. The molecule has 1 aromatic heterocycles. The standard InChI is InChI=1S/C15H17BrN4O2/c1-10-15(11(2)20(3)19-10)18-14(21)9-22-17-8-12-6-4-5-7-13(12)16/h4-8H,9H2,1-3H3,(H,18,21)/b17-8-. The van der Waals surface area contributed by atoms with Crippen molar-refractivity contribution in [3.05, 3.63) is 45.7 Å². The van der Waals surface area contributed by atoms with Crippen LogP contribution in [-0.4, -0.2) is 28.5 Å². The molecule has 22 heavy (non-hydrogen) atoms. The van der Waals surface area contributed by atoms with Crippen molar-refractivity contribution in [1.82, 2.24) is 9.78 Å². The summed E-state index contributed by atoms with van der Waals surface area (Å²) < 4.78 is 2.63. The molecule has 1 aromatic carbocycles. The van der Waals surface area contributed by atoms with Crippen LogP contribution in [0.15, 0.2) is 33.9 Å². The fraction of sp³-hybridized carbons (Fsp3) is 0.267. The van der Waals surface area contributed by atoms with Gasteiger partial charge >= 0.3 is 0 Å². The van der Waals surface area contributed by atoms with Crippen LogP contribution in [0.4, 0.5) is 5.69 Å². The van der Waals surface area contributed by atoms with E-state index in [2.05, 4.69) is 31.5 Å².